The van der Waals surface area contributed by atoms with E-state index in [0.717, 1.165) is 28.9 Å². The number of hydrogen-bond acceptors (Lipinski definition) is 2. The minimum Gasteiger partial charge on any atom is -0.348 e. The van der Waals surface area contributed by atoms with Crippen molar-refractivity contribution in [1.29, 1.82) is 0 Å². The highest BCUT2D eigenvalue weighted by molar-refractivity contribution is 6.05. The molecule has 3 rings (SSSR count). The molecule has 0 atom stereocenters. The minimum atomic E-state index is -0.353. The zero-order valence-electron chi connectivity index (χ0n) is 16.9. The average molecular weight is 374 g/mol. The summed E-state index contributed by atoms with van der Waals surface area (Å²) in [4.78, 5) is 25.6. The molecule has 1 heterocycles. The Bertz CT molecular complexity index is 1050. The molecular weight excluding hydrogens is 348 g/mol. The second-order valence-electron chi connectivity index (χ2n) is 7.22. The first-order chi connectivity index (χ1) is 13.4. The maximum Gasteiger partial charge on any atom is 0.261 e. The third-order valence-corrected chi connectivity index (χ3v) is 5.19. The van der Waals surface area contributed by atoms with Crippen LogP contribution in [0, 0.1) is 27.7 Å². The third-order valence-electron chi connectivity index (χ3n) is 5.19. The normalized spacial score (nSPS) is 10.7. The van der Waals surface area contributed by atoms with E-state index in [1.807, 2.05) is 68.7 Å². The molecule has 0 fully saturated rings. The van der Waals surface area contributed by atoms with Gasteiger partial charge < -0.3 is 9.88 Å². The van der Waals surface area contributed by atoms with E-state index in [9.17, 15) is 9.59 Å². The molecule has 0 aliphatic rings. The summed E-state index contributed by atoms with van der Waals surface area (Å²) in [5.74, 6) is -0.353. The average Bonchev–Trinajstić information content (AvgIpc) is 2.65. The van der Waals surface area contributed by atoms with Gasteiger partial charge in [-0.2, -0.15) is 0 Å². The number of carbonyl (C=O) groups excluding carboxylic acids is 1. The van der Waals surface area contributed by atoms with Crippen LogP contribution in [0.4, 0.5) is 5.69 Å². The number of nitrogens with one attached hydrogen (secondary N) is 1. The predicted octanol–water partition coefficient (Wildman–Crippen LogP) is 4.58. The molecule has 4 heteroatoms. The van der Waals surface area contributed by atoms with Crippen molar-refractivity contribution in [1.82, 2.24) is 4.57 Å². The highest BCUT2D eigenvalue weighted by Gasteiger charge is 2.18. The molecule has 0 unspecified atom stereocenters. The highest BCUT2D eigenvalue weighted by atomic mass is 16.2. The van der Waals surface area contributed by atoms with Crippen molar-refractivity contribution in [3.05, 3.63) is 98.5 Å². The zero-order valence-corrected chi connectivity index (χ0v) is 16.9. The number of rotatable bonds is 5. The lowest BCUT2D eigenvalue weighted by Gasteiger charge is -2.18. The Morgan fingerprint density at radius 1 is 0.929 bits per heavy atom. The lowest BCUT2D eigenvalue weighted by atomic mass is 10.1. The van der Waals surface area contributed by atoms with Gasteiger partial charge in [0.2, 0.25) is 0 Å². The Labute approximate surface area is 165 Å². The van der Waals surface area contributed by atoms with Gasteiger partial charge in [0.05, 0.1) is 0 Å². The number of amides is 1. The van der Waals surface area contributed by atoms with Gasteiger partial charge in [-0.1, -0.05) is 48.5 Å². The van der Waals surface area contributed by atoms with Crippen LogP contribution in [-0.2, 0) is 13.0 Å². The Kier molecular flexibility index (Phi) is 5.78. The molecule has 0 bridgehead atoms. The number of aromatic nitrogens is 1. The first-order valence-electron chi connectivity index (χ1n) is 9.51. The Morgan fingerprint density at radius 2 is 1.57 bits per heavy atom. The van der Waals surface area contributed by atoms with Crippen LogP contribution in [0.5, 0.6) is 0 Å². The van der Waals surface area contributed by atoms with E-state index >= 15 is 0 Å². The molecule has 0 radical (unpaired) electrons. The van der Waals surface area contributed by atoms with Crippen LogP contribution in [0.3, 0.4) is 0 Å². The third kappa shape index (κ3) is 4.06. The summed E-state index contributed by atoms with van der Waals surface area (Å²) < 4.78 is 2.05. The van der Waals surface area contributed by atoms with E-state index in [1.54, 1.807) is 6.07 Å². The first-order valence-corrected chi connectivity index (χ1v) is 9.51. The van der Waals surface area contributed by atoms with Gasteiger partial charge >= 0.3 is 0 Å². The van der Waals surface area contributed by atoms with E-state index in [4.69, 9.17) is 0 Å². The van der Waals surface area contributed by atoms with Gasteiger partial charge in [0.1, 0.15) is 5.56 Å². The molecule has 28 heavy (non-hydrogen) atoms. The van der Waals surface area contributed by atoms with Crippen LogP contribution < -0.4 is 10.7 Å². The molecule has 0 aliphatic carbocycles. The van der Waals surface area contributed by atoms with Crippen LogP contribution in [0.2, 0.25) is 0 Å². The number of benzene rings is 2. The van der Waals surface area contributed by atoms with E-state index in [0.29, 0.717) is 12.2 Å². The molecule has 0 spiro atoms. The van der Waals surface area contributed by atoms with Gasteiger partial charge in [-0.3, -0.25) is 9.59 Å². The van der Waals surface area contributed by atoms with Gasteiger partial charge in [-0.15, -0.1) is 0 Å². The number of nitrogens with zero attached hydrogens (tertiary/aromatic N) is 1. The molecular formula is C24H26N2O2. The standard InChI is InChI=1S/C24H26N2O2/c1-16-9-8-10-17(2)23(16)25-24(28)22-19(4)26(18(3)15-21(22)27)14-13-20-11-6-5-7-12-20/h5-12,15H,13-14H2,1-4H3,(H,25,28). The maximum absolute atomic E-state index is 13.0. The van der Waals surface area contributed by atoms with Gasteiger partial charge in [0.25, 0.3) is 5.91 Å². The van der Waals surface area contributed by atoms with E-state index in [1.165, 1.54) is 5.56 Å². The number of carbonyl (C=O) groups is 1. The van der Waals surface area contributed by atoms with Gasteiger partial charge in [0, 0.05) is 29.7 Å². The van der Waals surface area contributed by atoms with E-state index in [2.05, 4.69) is 17.4 Å². The summed E-state index contributed by atoms with van der Waals surface area (Å²) >= 11 is 0. The summed E-state index contributed by atoms with van der Waals surface area (Å²) in [6.45, 7) is 8.36. The molecule has 1 N–H and O–H groups in total. The van der Waals surface area contributed by atoms with Crippen LogP contribution in [0.25, 0.3) is 0 Å². The molecule has 0 aliphatic heterocycles. The number of hydrogen-bond donors (Lipinski definition) is 1. The largest absolute Gasteiger partial charge is 0.348 e. The predicted molar refractivity (Wildman–Crippen MR) is 114 cm³/mol. The van der Waals surface area contributed by atoms with Gasteiger partial charge in [-0.25, -0.2) is 0 Å². The number of anilines is 1. The smallest absolute Gasteiger partial charge is 0.261 e. The second-order valence-corrected chi connectivity index (χ2v) is 7.22. The SMILES string of the molecule is Cc1cccc(C)c1NC(=O)c1c(C)n(CCc2ccccc2)c(C)cc1=O. The quantitative estimate of drug-likeness (QED) is 0.711. The van der Waals surface area contributed by atoms with Crippen molar-refractivity contribution in [2.24, 2.45) is 0 Å². The van der Waals surface area contributed by atoms with Crippen molar-refractivity contribution in [2.45, 2.75) is 40.7 Å². The van der Waals surface area contributed by atoms with Crippen molar-refractivity contribution in [2.75, 3.05) is 5.32 Å². The summed E-state index contributed by atoms with van der Waals surface area (Å²) in [6, 6.07) is 17.6. The Balaban J connectivity index is 1.92. The molecule has 0 saturated carbocycles. The summed E-state index contributed by atoms with van der Waals surface area (Å²) in [5, 5.41) is 2.94. The molecule has 1 aromatic heterocycles. The maximum atomic E-state index is 13.0. The molecule has 144 valence electrons. The molecule has 4 nitrogen and oxygen atoms in total. The zero-order chi connectivity index (χ0) is 20.3. The topological polar surface area (TPSA) is 51.1 Å². The Morgan fingerprint density at radius 3 is 2.21 bits per heavy atom. The first kappa shape index (κ1) is 19.6. The summed E-state index contributed by atoms with van der Waals surface area (Å²) in [7, 11) is 0. The fraction of sp³-hybridized carbons (Fsp3) is 0.250. The van der Waals surface area contributed by atoms with Crippen LogP contribution in [-0.4, -0.2) is 10.5 Å². The van der Waals surface area contributed by atoms with Gasteiger partial charge in [0.15, 0.2) is 5.43 Å². The van der Waals surface area contributed by atoms with Crippen molar-refractivity contribution in [3.8, 4) is 0 Å². The summed E-state index contributed by atoms with van der Waals surface area (Å²) in [6.07, 6.45) is 0.837. The van der Waals surface area contributed by atoms with Crippen LogP contribution >= 0.6 is 0 Å². The van der Waals surface area contributed by atoms with Crippen LogP contribution in [0.15, 0.2) is 59.4 Å². The fourth-order valence-corrected chi connectivity index (χ4v) is 3.61. The molecule has 1 amide bonds. The fourth-order valence-electron chi connectivity index (χ4n) is 3.61. The molecule has 0 saturated heterocycles. The summed E-state index contributed by atoms with van der Waals surface area (Å²) in [5.41, 5.74) is 5.47. The lowest BCUT2D eigenvalue weighted by molar-refractivity contribution is 0.102. The number of aryl methyl sites for hydroxylation is 4. The number of para-hydroxylation sites is 1. The monoisotopic (exact) mass is 374 g/mol. The molecule has 3 aromatic rings. The second kappa shape index (κ2) is 8.26. The number of pyridine rings is 1. The minimum absolute atomic E-state index is 0.210. The van der Waals surface area contributed by atoms with Crippen molar-refractivity contribution < 1.29 is 4.79 Å². The molecule has 2 aromatic carbocycles. The Hall–Kier alpha value is -3.14. The van der Waals surface area contributed by atoms with E-state index < -0.39 is 0 Å². The highest BCUT2D eigenvalue weighted by Crippen LogP contribution is 2.20. The van der Waals surface area contributed by atoms with Crippen molar-refractivity contribution >= 4 is 11.6 Å². The van der Waals surface area contributed by atoms with Crippen LogP contribution in [0.1, 0.15) is 38.4 Å². The van der Waals surface area contributed by atoms with E-state index in [-0.39, 0.29) is 16.9 Å². The van der Waals surface area contributed by atoms with Crippen molar-refractivity contribution in [3.63, 3.8) is 0 Å². The lowest BCUT2D eigenvalue weighted by Crippen LogP contribution is -2.27. The van der Waals surface area contributed by atoms with Gasteiger partial charge in [-0.05, 0) is 50.8 Å².